The summed E-state index contributed by atoms with van der Waals surface area (Å²) in [5, 5.41) is 0.468. The molecule has 1 fully saturated rings. The topological polar surface area (TPSA) is 34.9 Å². The Morgan fingerprint density at radius 1 is 1.44 bits per heavy atom. The van der Waals surface area contributed by atoms with E-state index in [1.807, 2.05) is 4.57 Å². The van der Waals surface area contributed by atoms with Gasteiger partial charge in [-0.3, -0.25) is 9.36 Å². The lowest BCUT2D eigenvalue weighted by Crippen LogP contribution is -2.22. The minimum atomic E-state index is 0.00801. The van der Waals surface area contributed by atoms with E-state index >= 15 is 0 Å². The number of rotatable bonds is 1. The molecule has 0 atom stereocenters. The van der Waals surface area contributed by atoms with E-state index in [1.54, 1.807) is 5.51 Å². The largest absolute Gasteiger partial charge is 0.295 e. The van der Waals surface area contributed by atoms with E-state index in [-0.39, 0.29) is 5.56 Å². The summed E-state index contributed by atoms with van der Waals surface area (Å²) in [6, 6.07) is 1.83. The van der Waals surface area contributed by atoms with Gasteiger partial charge in [0, 0.05) is 12.1 Å². The lowest BCUT2D eigenvalue weighted by Gasteiger charge is -2.14. The number of hydrogen-bond acceptors (Lipinski definition) is 3. The van der Waals surface area contributed by atoms with Crippen LogP contribution < -0.4 is 5.56 Å². The van der Waals surface area contributed by atoms with Crippen molar-refractivity contribution in [1.82, 2.24) is 9.55 Å². The summed E-state index contributed by atoms with van der Waals surface area (Å²) in [5.74, 6) is 0. The number of aromatic nitrogens is 2. The smallest absolute Gasteiger partial charge is 0.253 e. The first-order chi connectivity index (χ1) is 7.77. The van der Waals surface area contributed by atoms with Crippen LogP contribution in [0.25, 0.3) is 10.3 Å². The van der Waals surface area contributed by atoms with Crippen LogP contribution in [0.5, 0.6) is 0 Å². The first-order valence-electron chi connectivity index (χ1n) is 5.41. The molecule has 1 aliphatic rings. The van der Waals surface area contributed by atoms with Gasteiger partial charge in [0.1, 0.15) is 10.3 Å². The van der Waals surface area contributed by atoms with Crippen molar-refractivity contribution in [1.29, 1.82) is 0 Å². The molecule has 0 aromatic carbocycles. The van der Waals surface area contributed by atoms with E-state index in [2.05, 4.69) is 4.98 Å². The molecule has 0 amide bonds. The van der Waals surface area contributed by atoms with Crippen LogP contribution in [0.3, 0.4) is 0 Å². The molecule has 0 radical (unpaired) electrons. The van der Waals surface area contributed by atoms with Gasteiger partial charge in [-0.05, 0) is 12.8 Å². The molecule has 0 bridgehead atoms. The van der Waals surface area contributed by atoms with Gasteiger partial charge in [-0.15, -0.1) is 11.3 Å². The van der Waals surface area contributed by atoms with Crippen molar-refractivity contribution in [3.8, 4) is 0 Å². The van der Waals surface area contributed by atoms with Crippen molar-refractivity contribution >= 4 is 33.3 Å². The number of thiazole rings is 1. The van der Waals surface area contributed by atoms with E-state index in [9.17, 15) is 4.79 Å². The Hall–Kier alpha value is -0.870. The zero-order valence-corrected chi connectivity index (χ0v) is 10.2. The van der Waals surface area contributed by atoms with Crippen LogP contribution in [0.1, 0.15) is 31.7 Å². The third-order valence-corrected chi connectivity index (χ3v) is 4.28. The van der Waals surface area contributed by atoms with Gasteiger partial charge in [0.05, 0.1) is 10.5 Å². The number of pyridine rings is 1. The minimum Gasteiger partial charge on any atom is -0.295 e. The van der Waals surface area contributed by atoms with Crippen LogP contribution in [-0.4, -0.2) is 9.55 Å². The van der Waals surface area contributed by atoms with Gasteiger partial charge in [0.15, 0.2) is 0 Å². The van der Waals surface area contributed by atoms with Gasteiger partial charge >= 0.3 is 0 Å². The maximum atomic E-state index is 12.0. The van der Waals surface area contributed by atoms with Crippen molar-refractivity contribution < 1.29 is 0 Å². The lowest BCUT2D eigenvalue weighted by atomic mass is 10.2. The van der Waals surface area contributed by atoms with Crippen molar-refractivity contribution in [2.24, 2.45) is 0 Å². The van der Waals surface area contributed by atoms with Crippen LogP contribution in [-0.2, 0) is 0 Å². The highest BCUT2D eigenvalue weighted by molar-refractivity contribution is 7.16. The molecular weight excluding hydrogens is 244 g/mol. The van der Waals surface area contributed by atoms with Gasteiger partial charge < -0.3 is 0 Å². The highest BCUT2D eigenvalue weighted by atomic mass is 35.5. The second kappa shape index (κ2) is 3.86. The van der Waals surface area contributed by atoms with E-state index in [1.165, 1.54) is 30.2 Å². The summed E-state index contributed by atoms with van der Waals surface area (Å²) in [6.07, 6.45) is 4.60. The molecule has 84 valence electrons. The summed E-state index contributed by atoms with van der Waals surface area (Å²) in [5.41, 5.74) is 2.52. The predicted molar refractivity (Wildman–Crippen MR) is 66.4 cm³/mol. The highest BCUT2D eigenvalue weighted by Gasteiger charge is 2.21. The first-order valence-corrected chi connectivity index (χ1v) is 6.67. The van der Waals surface area contributed by atoms with E-state index in [0.29, 0.717) is 11.1 Å². The zero-order valence-electron chi connectivity index (χ0n) is 8.65. The summed E-state index contributed by atoms with van der Waals surface area (Å²) < 4.78 is 1.88. The maximum absolute atomic E-state index is 12.0. The van der Waals surface area contributed by atoms with Gasteiger partial charge in [-0.25, -0.2) is 4.98 Å². The van der Waals surface area contributed by atoms with Crippen molar-refractivity contribution in [2.75, 3.05) is 0 Å². The first kappa shape index (κ1) is 10.3. The van der Waals surface area contributed by atoms with Gasteiger partial charge in [-0.2, -0.15) is 0 Å². The van der Waals surface area contributed by atoms with Gasteiger partial charge in [0.25, 0.3) is 5.56 Å². The maximum Gasteiger partial charge on any atom is 0.253 e. The fourth-order valence-electron chi connectivity index (χ4n) is 2.43. The Balaban J connectivity index is 2.29. The number of hydrogen-bond donors (Lipinski definition) is 0. The molecule has 3 nitrogen and oxygen atoms in total. The molecule has 3 rings (SSSR count). The Kier molecular flexibility index (Phi) is 2.48. The minimum absolute atomic E-state index is 0.00801. The molecule has 0 unspecified atom stereocenters. The second-order valence-corrected chi connectivity index (χ2v) is 5.39. The molecule has 1 saturated carbocycles. The Labute approximate surface area is 102 Å². The SMILES string of the molecule is O=c1cc(Cl)c2ncsc2n1C1CCCC1. The van der Waals surface area contributed by atoms with Crippen LogP contribution in [0.2, 0.25) is 5.02 Å². The van der Waals surface area contributed by atoms with Gasteiger partial charge in [0.2, 0.25) is 0 Å². The monoisotopic (exact) mass is 254 g/mol. The standard InChI is InChI=1S/C11H11ClN2OS/c12-8-5-9(15)14(7-3-1-2-4-7)11-10(8)13-6-16-11/h5-7H,1-4H2. The number of halogens is 1. The Morgan fingerprint density at radius 2 is 2.19 bits per heavy atom. The molecule has 0 aliphatic heterocycles. The Bertz CT molecular complexity index is 583. The summed E-state index contributed by atoms with van der Waals surface area (Å²) in [6.45, 7) is 0. The van der Waals surface area contributed by atoms with Crippen LogP contribution in [0, 0.1) is 0 Å². The molecule has 2 aromatic rings. The fourth-order valence-corrected chi connectivity index (χ4v) is 3.60. The molecular formula is C11H11ClN2OS. The Morgan fingerprint density at radius 3 is 2.94 bits per heavy atom. The zero-order chi connectivity index (χ0) is 11.1. The number of fused-ring (bicyclic) bond motifs is 1. The molecule has 2 heterocycles. The van der Waals surface area contributed by atoms with Gasteiger partial charge in [-0.1, -0.05) is 24.4 Å². The number of nitrogens with zero attached hydrogens (tertiary/aromatic N) is 2. The van der Waals surface area contributed by atoms with E-state index in [0.717, 1.165) is 23.2 Å². The predicted octanol–water partition coefficient (Wildman–Crippen LogP) is 3.23. The van der Waals surface area contributed by atoms with Crippen LogP contribution >= 0.6 is 22.9 Å². The molecule has 5 heteroatoms. The molecule has 0 spiro atoms. The average molecular weight is 255 g/mol. The third-order valence-electron chi connectivity index (χ3n) is 3.17. The van der Waals surface area contributed by atoms with Crippen molar-refractivity contribution in [3.05, 3.63) is 27.0 Å². The van der Waals surface area contributed by atoms with E-state index < -0.39 is 0 Å². The average Bonchev–Trinajstić information content (AvgIpc) is 2.86. The second-order valence-electron chi connectivity index (χ2n) is 4.14. The molecule has 0 saturated heterocycles. The quantitative estimate of drug-likeness (QED) is 0.783. The lowest BCUT2D eigenvalue weighted by molar-refractivity contribution is 0.522. The summed E-state index contributed by atoms with van der Waals surface area (Å²) in [7, 11) is 0. The molecule has 0 N–H and O–H groups in total. The van der Waals surface area contributed by atoms with Crippen molar-refractivity contribution in [2.45, 2.75) is 31.7 Å². The highest BCUT2D eigenvalue weighted by Crippen LogP contribution is 2.33. The van der Waals surface area contributed by atoms with Crippen molar-refractivity contribution in [3.63, 3.8) is 0 Å². The van der Waals surface area contributed by atoms with Crippen LogP contribution in [0.15, 0.2) is 16.4 Å². The summed E-state index contributed by atoms with van der Waals surface area (Å²) >= 11 is 7.51. The molecule has 16 heavy (non-hydrogen) atoms. The normalized spacial score (nSPS) is 17.3. The molecule has 2 aromatic heterocycles. The summed E-state index contributed by atoms with van der Waals surface area (Å²) in [4.78, 5) is 17.1. The third kappa shape index (κ3) is 1.48. The van der Waals surface area contributed by atoms with E-state index in [4.69, 9.17) is 11.6 Å². The fraction of sp³-hybridized carbons (Fsp3) is 0.455. The van der Waals surface area contributed by atoms with Crippen LogP contribution in [0.4, 0.5) is 0 Å². The molecule has 1 aliphatic carbocycles.